The zero-order valence-electron chi connectivity index (χ0n) is 9.45. The topological polar surface area (TPSA) is 63.2 Å². The van der Waals surface area contributed by atoms with E-state index in [1.165, 1.54) is 42.5 Å². The van der Waals surface area contributed by atoms with Gasteiger partial charge in [-0.25, -0.2) is 0 Å². The molecule has 6 heteroatoms. The van der Waals surface area contributed by atoms with Crippen LogP contribution in [-0.4, -0.2) is 47.7 Å². The molecular formula is C8H18O6. The molecule has 0 aromatic heterocycles. The van der Waals surface area contributed by atoms with Crippen molar-refractivity contribution in [1.82, 2.24) is 0 Å². The standard InChI is InChI=1S/C5H12O4.C3H6O2/c1-6-5(7-2,8-3)9-4;1-3(4)5-2/h1-4H3;1-2H3. The lowest BCUT2D eigenvalue weighted by Gasteiger charge is -2.25. The molecule has 0 heterocycles. The van der Waals surface area contributed by atoms with Gasteiger partial charge in [0.05, 0.1) is 7.11 Å². The van der Waals surface area contributed by atoms with Gasteiger partial charge < -0.3 is 23.7 Å². The van der Waals surface area contributed by atoms with Crippen LogP contribution in [-0.2, 0) is 28.5 Å². The quantitative estimate of drug-likeness (QED) is 0.493. The normalized spacial score (nSPS) is 10.1. The van der Waals surface area contributed by atoms with Crippen molar-refractivity contribution < 1.29 is 28.5 Å². The zero-order valence-corrected chi connectivity index (χ0v) is 9.45. The predicted octanol–water partition coefficient (Wildman–Crippen LogP) is 0.363. The van der Waals surface area contributed by atoms with Gasteiger partial charge in [0, 0.05) is 35.4 Å². The lowest BCUT2D eigenvalue weighted by Crippen LogP contribution is -2.37. The number of hydrogen-bond donors (Lipinski definition) is 0. The van der Waals surface area contributed by atoms with Crippen LogP contribution < -0.4 is 0 Å². The van der Waals surface area contributed by atoms with E-state index >= 15 is 0 Å². The van der Waals surface area contributed by atoms with Crippen LogP contribution in [0.3, 0.4) is 0 Å². The molecule has 14 heavy (non-hydrogen) atoms. The first-order chi connectivity index (χ1) is 6.51. The van der Waals surface area contributed by atoms with Gasteiger partial charge in [0.2, 0.25) is 0 Å². The molecular weight excluding hydrogens is 192 g/mol. The van der Waals surface area contributed by atoms with E-state index in [9.17, 15) is 4.79 Å². The first-order valence-electron chi connectivity index (χ1n) is 3.77. The highest BCUT2D eigenvalue weighted by molar-refractivity contribution is 5.65. The third-order valence-electron chi connectivity index (χ3n) is 1.29. The molecule has 0 saturated carbocycles. The Hall–Kier alpha value is -0.690. The number of hydrogen-bond acceptors (Lipinski definition) is 6. The van der Waals surface area contributed by atoms with E-state index in [1.54, 1.807) is 0 Å². The fourth-order valence-corrected chi connectivity index (χ4v) is 0.500. The Balaban J connectivity index is 0. The van der Waals surface area contributed by atoms with Crippen LogP contribution >= 0.6 is 0 Å². The van der Waals surface area contributed by atoms with Crippen molar-refractivity contribution in [2.24, 2.45) is 0 Å². The summed E-state index contributed by atoms with van der Waals surface area (Å²) in [5, 5.41) is 0. The summed E-state index contributed by atoms with van der Waals surface area (Å²) >= 11 is 0. The molecule has 0 spiro atoms. The van der Waals surface area contributed by atoms with Crippen LogP contribution in [0, 0.1) is 0 Å². The van der Waals surface area contributed by atoms with Crippen molar-refractivity contribution in [3.63, 3.8) is 0 Å². The molecule has 0 aromatic carbocycles. The van der Waals surface area contributed by atoms with Crippen LogP contribution in [0.25, 0.3) is 0 Å². The molecule has 6 nitrogen and oxygen atoms in total. The molecule has 0 amide bonds. The fraction of sp³-hybridized carbons (Fsp3) is 0.875. The Labute approximate surface area is 84.0 Å². The minimum atomic E-state index is -1.33. The smallest absolute Gasteiger partial charge is 0.411 e. The molecule has 86 valence electrons. The van der Waals surface area contributed by atoms with Gasteiger partial charge >= 0.3 is 12.1 Å². The molecule has 0 aliphatic heterocycles. The molecule has 0 fully saturated rings. The summed E-state index contributed by atoms with van der Waals surface area (Å²) < 4.78 is 23.0. The van der Waals surface area contributed by atoms with E-state index in [4.69, 9.17) is 18.9 Å². The molecule has 0 rings (SSSR count). The third kappa shape index (κ3) is 6.79. The summed E-state index contributed by atoms with van der Waals surface area (Å²) in [4.78, 5) is 9.59. The maximum absolute atomic E-state index is 9.59. The van der Waals surface area contributed by atoms with Crippen LogP contribution in [0.1, 0.15) is 6.92 Å². The van der Waals surface area contributed by atoms with E-state index in [0.717, 1.165) is 0 Å². The highest BCUT2D eigenvalue weighted by Gasteiger charge is 2.28. The summed E-state index contributed by atoms with van der Waals surface area (Å²) in [5.41, 5.74) is 0. The van der Waals surface area contributed by atoms with Gasteiger partial charge in [0.1, 0.15) is 0 Å². The van der Waals surface area contributed by atoms with Gasteiger partial charge in [-0.05, 0) is 0 Å². The Morgan fingerprint density at radius 2 is 1.07 bits per heavy atom. The monoisotopic (exact) mass is 210 g/mol. The first kappa shape index (κ1) is 15.8. The zero-order chi connectivity index (χ0) is 11.6. The summed E-state index contributed by atoms with van der Waals surface area (Å²) in [6.07, 6.45) is -1.33. The second-order valence-electron chi connectivity index (χ2n) is 2.01. The fourth-order valence-electron chi connectivity index (χ4n) is 0.500. The van der Waals surface area contributed by atoms with Gasteiger partial charge in [0.25, 0.3) is 0 Å². The second kappa shape index (κ2) is 8.89. The van der Waals surface area contributed by atoms with Crippen molar-refractivity contribution >= 4 is 5.97 Å². The Bertz CT molecular complexity index is 125. The van der Waals surface area contributed by atoms with Crippen LogP contribution in [0.5, 0.6) is 0 Å². The summed E-state index contributed by atoms with van der Waals surface area (Å²) in [6.45, 7) is 1.36. The summed E-state index contributed by atoms with van der Waals surface area (Å²) in [7, 11) is 7.06. The Morgan fingerprint density at radius 1 is 0.857 bits per heavy atom. The highest BCUT2D eigenvalue weighted by atomic mass is 17.0. The molecule has 0 N–H and O–H groups in total. The minimum absolute atomic E-state index is 0.245. The van der Waals surface area contributed by atoms with Crippen LogP contribution in [0.2, 0.25) is 0 Å². The maximum atomic E-state index is 9.59. The molecule has 0 radical (unpaired) electrons. The number of esters is 1. The average molecular weight is 210 g/mol. The van der Waals surface area contributed by atoms with Crippen molar-refractivity contribution in [2.75, 3.05) is 35.5 Å². The summed E-state index contributed by atoms with van der Waals surface area (Å²) in [6, 6.07) is 0. The minimum Gasteiger partial charge on any atom is -0.469 e. The molecule has 0 aliphatic carbocycles. The molecule has 0 aliphatic rings. The van der Waals surface area contributed by atoms with Crippen molar-refractivity contribution in [3.05, 3.63) is 0 Å². The largest absolute Gasteiger partial charge is 0.469 e. The molecule has 0 bridgehead atoms. The van der Waals surface area contributed by atoms with Crippen molar-refractivity contribution in [2.45, 2.75) is 13.1 Å². The van der Waals surface area contributed by atoms with Gasteiger partial charge in [-0.1, -0.05) is 0 Å². The number of carbonyl (C=O) groups is 1. The van der Waals surface area contributed by atoms with Gasteiger partial charge in [-0.2, -0.15) is 0 Å². The highest BCUT2D eigenvalue weighted by Crippen LogP contribution is 2.10. The number of rotatable bonds is 4. The van der Waals surface area contributed by atoms with E-state index in [-0.39, 0.29) is 5.97 Å². The van der Waals surface area contributed by atoms with Gasteiger partial charge in [-0.3, -0.25) is 4.79 Å². The summed E-state index contributed by atoms with van der Waals surface area (Å²) in [5.74, 6) is -0.245. The van der Waals surface area contributed by atoms with E-state index < -0.39 is 6.16 Å². The second-order valence-corrected chi connectivity index (χ2v) is 2.01. The maximum Gasteiger partial charge on any atom is 0.411 e. The predicted molar refractivity (Wildman–Crippen MR) is 48.5 cm³/mol. The van der Waals surface area contributed by atoms with Gasteiger partial charge in [0.15, 0.2) is 0 Å². The third-order valence-corrected chi connectivity index (χ3v) is 1.29. The van der Waals surface area contributed by atoms with E-state index in [1.807, 2.05) is 0 Å². The first-order valence-corrected chi connectivity index (χ1v) is 3.77. The number of carbonyl (C=O) groups excluding carboxylic acids is 1. The molecule has 0 unspecified atom stereocenters. The van der Waals surface area contributed by atoms with Crippen molar-refractivity contribution in [3.8, 4) is 0 Å². The Morgan fingerprint density at radius 3 is 1.07 bits per heavy atom. The van der Waals surface area contributed by atoms with Crippen molar-refractivity contribution in [1.29, 1.82) is 0 Å². The average Bonchev–Trinajstić information content (AvgIpc) is 2.23. The lowest BCUT2D eigenvalue weighted by molar-refractivity contribution is -0.472. The Kier molecular flexibility index (Phi) is 10.0. The SMILES string of the molecule is COC(C)=O.COC(OC)(OC)OC. The van der Waals surface area contributed by atoms with Crippen LogP contribution in [0.4, 0.5) is 0 Å². The van der Waals surface area contributed by atoms with Gasteiger partial charge in [-0.15, -0.1) is 0 Å². The van der Waals surface area contributed by atoms with E-state index in [0.29, 0.717) is 0 Å². The van der Waals surface area contributed by atoms with E-state index in [2.05, 4.69) is 4.74 Å². The number of ether oxygens (including phenoxy) is 5. The number of methoxy groups -OCH3 is 5. The molecule has 0 atom stereocenters. The molecule has 0 saturated heterocycles. The van der Waals surface area contributed by atoms with Crippen LogP contribution in [0.15, 0.2) is 0 Å². The lowest BCUT2D eigenvalue weighted by atomic mass is 10.8. The molecule has 0 aromatic rings.